The zero-order chi connectivity index (χ0) is 19.0. The number of aromatic nitrogens is 3. The van der Waals surface area contributed by atoms with E-state index in [1.54, 1.807) is 24.3 Å². The van der Waals surface area contributed by atoms with Crippen LogP contribution < -0.4 is 10.1 Å². The average Bonchev–Trinajstić information content (AvgIpc) is 3.12. The SMILES string of the molecule is Fc1ccc(C2=C[C@H](c3ccccc3OC(F)F)n3ncnc3N2)cc1F. The fourth-order valence-corrected chi connectivity index (χ4v) is 2.92. The number of anilines is 1. The number of benzene rings is 2. The fraction of sp³-hybridized carbons (Fsp3) is 0.111. The Morgan fingerprint density at radius 2 is 1.89 bits per heavy atom. The van der Waals surface area contributed by atoms with Crippen molar-refractivity contribution in [2.45, 2.75) is 12.7 Å². The molecule has 9 heteroatoms. The number of allylic oxidation sites excluding steroid dienone is 1. The van der Waals surface area contributed by atoms with Gasteiger partial charge in [0.15, 0.2) is 11.6 Å². The predicted octanol–water partition coefficient (Wildman–Crippen LogP) is 4.21. The Kier molecular flexibility index (Phi) is 4.27. The molecule has 1 aliphatic rings. The van der Waals surface area contributed by atoms with E-state index in [2.05, 4.69) is 20.1 Å². The van der Waals surface area contributed by atoms with Crippen LogP contribution in [0.5, 0.6) is 5.75 Å². The van der Waals surface area contributed by atoms with Gasteiger partial charge in [0.25, 0.3) is 0 Å². The number of hydrogen-bond donors (Lipinski definition) is 1. The molecule has 1 aliphatic heterocycles. The summed E-state index contributed by atoms with van der Waals surface area (Å²) in [6.07, 6.45) is 2.95. The minimum absolute atomic E-state index is 0.0123. The van der Waals surface area contributed by atoms with Gasteiger partial charge < -0.3 is 10.1 Å². The third kappa shape index (κ3) is 3.23. The van der Waals surface area contributed by atoms with Crippen LogP contribution in [-0.2, 0) is 0 Å². The molecule has 0 aliphatic carbocycles. The maximum absolute atomic E-state index is 13.6. The van der Waals surface area contributed by atoms with E-state index in [4.69, 9.17) is 0 Å². The van der Waals surface area contributed by atoms with Gasteiger partial charge in [-0.05, 0) is 30.3 Å². The minimum atomic E-state index is -2.99. The Morgan fingerprint density at radius 1 is 1.07 bits per heavy atom. The van der Waals surface area contributed by atoms with Gasteiger partial charge in [-0.3, -0.25) is 0 Å². The van der Waals surface area contributed by atoms with Crippen molar-refractivity contribution >= 4 is 11.6 Å². The topological polar surface area (TPSA) is 52.0 Å². The first kappa shape index (κ1) is 17.1. The highest BCUT2D eigenvalue weighted by Crippen LogP contribution is 2.36. The molecule has 0 fully saturated rings. The van der Waals surface area contributed by atoms with Crippen LogP contribution in [0.4, 0.5) is 23.5 Å². The van der Waals surface area contributed by atoms with Crippen LogP contribution in [0.3, 0.4) is 0 Å². The Balaban J connectivity index is 1.82. The van der Waals surface area contributed by atoms with E-state index < -0.39 is 24.3 Å². The smallest absolute Gasteiger partial charge is 0.387 e. The number of nitrogens with one attached hydrogen (secondary N) is 1. The van der Waals surface area contributed by atoms with Crippen LogP contribution in [0.15, 0.2) is 54.9 Å². The van der Waals surface area contributed by atoms with Gasteiger partial charge in [0, 0.05) is 16.8 Å². The van der Waals surface area contributed by atoms with Crippen LogP contribution in [0, 0.1) is 11.6 Å². The van der Waals surface area contributed by atoms with Crippen LogP contribution in [0.1, 0.15) is 17.2 Å². The van der Waals surface area contributed by atoms with Crippen molar-refractivity contribution in [3.8, 4) is 5.75 Å². The molecule has 0 radical (unpaired) electrons. The fourth-order valence-electron chi connectivity index (χ4n) is 2.92. The molecule has 27 heavy (non-hydrogen) atoms. The van der Waals surface area contributed by atoms with E-state index in [9.17, 15) is 17.6 Å². The van der Waals surface area contributed by atoms with Crippen LogP contribution in [0.25, 0.3) is 5.70 Å². The Labute approximate surface area is 150 Å². The van der Waals surface area contributed by atoms with Crippen molar-refractivity contribution in [2.24, 2.45) is 0 Å². The third-order valence-electron chi connectivity index (χ3n) is 4.09. The van der Waals surface area contributed by atoms with Crippen molar-refractivity contribution in [1.82, 2.24) is 14.8 Å². The molecule has 0 saturated heterocycles. The normalized spacial score (nSPS) is 15.9. The first-order valence-electron chi connectivity index (χ1n) is 7.90. The Morgan fingerprint density at radius 3 is 2.67 bits per heavy atom. The lowest BCUT2D eigenvalue weighted by molar-refractivity contribution is -0.0506. The molecule has 3 aromatic rings. The number of ether oxygens (including phenoxy) is 1. The number of halogens is 4. The first-order valence-corrected chi connectivity index (χ1v) is 7.90. The van der Waals surface area contributed by atoms with E-state index in [1.807, 2.05) is 0 Å². The zero-order valence-corrected chi connectivity index (χ0v) is 13.6. The maximum atomic E-state index is 13.6. The minimum Gasteiger partial charge on any atom is -0.434 e. The van der Waals surface area contributed by atoms with Gasteiger partial charge in [0.2, 0.25) is 5.95 Å². The summed E-state index contributed by atoms with van der Waals surface area (Å²) in [5.74, 6) is -1.65. The molecule has 1 N–H and O–H groups in total. The quantitative estimate of drug-likeness (QED) is 0.693. The number of alkyl halides is 2. The molecule has 0 spiro atoms. The van der Waals surface area contributed by atoms with Crippen molar-refractivity contribution in [2.75, 3.05) is 5.32 Å². The summed E-state index contributed by atoms with van der Waals surface area (Å²) in [5, 5.41) is 7.09. The molecule has 5 nitrogen and oxygen atoms in total. The molecule has 138 valence electrons. The number of nitrogens with zero attached hydrogens (tertiary/aromatic N) is 3. The molecular weight excluding hydrogens is 364 g/mol. The summed E-state index contributed by atoms with van der Waals surface area (Å²) in [6, 6.07) is 9.11. The third-order valence-corrected chi connectivity index (χ3v) is 4.09. The van der Waals surface area contributed by atoms with Crippen LogP contribution in [0.2, 0.25) is 0 Å². The summed E-state index contributed by atoms with van der Waals surface area (Å²) < 4.78 is 58.5. The maximum Gasteiger partial charge on any atom is 0.387 e. The summed E-state index contributed by atoms with van der Waals surface area (Å²) in [4.78, 5) is 4.08. The number of para-hydroxylation sites is 1. The van der Waals surface area contributed by atoms with Gasteiger partial charge in [-0.25, -0.2) is 13.5 Å². The van der Waals surface area contributed by atoms with E-state index >= 15 is 0 Å². The van der Waals surface area contributed by atoms with Gasteiger partial charge in [0.05, 0.1) is 0 Å². The molecule has 2 aromatic carbocycles. The first-order chi connectivity index (χ1) is 13.0. The van der Waals surface area contributed by atoms with Crippen LogP contribution >= 0.6 is 0 Å². The lowest BCUT2D eigenvalue weighted by Gasteiger charge is -2.25. The molecule has 1 aromatic heterocycles. The van der Waals surface area contributed by atoms with Crippen molar-refractivity contribution < 1.29 is 22.3 Å². The van der Waals surface area contributed by atoms with Gasteiger partial charge in [0.1, 0.15) is 18.1 Å². The molecular formula is C18H12F4N4O. The largest absolute Gasteiger partial charge is 0.434 e. The molecule has 0 unspecified atom stereocenters. The highest BCUT2D eigenvalue weighted by molar-refractivity contribution is 5.77. The second kappa shape index (κ2) is 6.75. The van der Waals surface area contributed by atoms with E-state index in [-0.39, 0.29) is 5.75 Å². The number of fused-ring (bicyclic) bond motifs is 1. The van der Waals surface area contributed by atoms with Crippen LogP contribution in [-0.4, -0.2) is 21.4 Å². The Hall–Kier alpha value is -3.36. The van der Waals surface area contributed by atoms with E-state index in [0.717, 1.165) is 12.1 Å². The molecule has 1 atom stereocenters. The van der Waals surface area contributed by atoms with Crippen molar-refractivity contribution in [1.29, 1.82) is 0 Å². The molecule has 2 heterocycles. The second-order valence-corrected chi connectivity index (χ2v) is 5.72. The molecule has 4 rings (SSSR count). The van der Waals surface area contributed by atoms with Crippen molar-refractivity contribution in [3.05, 3.63) is 77.6 Å². The van der Waals surface area contributed by atoms with Crippen molar-refractivity contribution in [3.63, 3.8) is 0 Å². The molecule has 0 saturated carbocycles. The highest BCUT2D eigenvalue weighted by atomic mass is 19.3. The van der Waals surface area contributed by atoms with E-state index in [0.29, 0.717) is 22.8 Å². The number of hydrogen-bond acceptors (Lipinski definition) is 4. The lowest BCUT2D eigenvalue weighted by Crippen LogP contribution is -2.21. The Bertz CT molecular complexity index is 1020. The summed E-state index contributed by atoms with van der Waals surface area (Å²) in [6.45, 7) is -2.99. The predicted molar refractivity (Wildman–Crippen MR) is 89.2 cm³/mol. The van der Waals surface area contributed by atoms with Gasteiger partial charge in [-0.15, -0.1) is 0 Å². The van der Waals surface area contributed by atoms with Gasteiger partial charge >= 0.3 is 6.61 Å². The second-order valence-electron chi connectivity index (χ2n) is 5.72. The van der Waals surface area contributed by atoms with Gasteiger partial charge in [-0.2, -0.15) is 18.9 Å². The molecule has 0 bridgehead atoms. The van der Waals surface area contributed by atoms with Gasteiger partial charge in [-0.1, -0.05) is 18.2 Å². The lowest BCUT2D eigenvalue weighted by atomic mass is 10.0. The highest BCUT2D eigenvalue weighted by Gasteiger charge is 2.26. The summed E-state index contributed by atoms with van der Waals surface area (Å²) >= 11 is 0. The summed E-state index contributed by atoms with van der Waals surface area (Å²) in [7, 11) is 0. The average molecular weight is 376 g/mol. The molecule has 0 amide bonds. The number of rotatable bonds is 4. The van der Waals surface area contributed by atoms with E-state index in [1.165, 1.54) is 23.1 Å². The summed E-state index contributed by atoms with van der Waals surface area (Å²) in [5.41, 5.74) is 1.23. The standard InChI is InChI=1S/C18H12F4N4O/c19-12-6-5-10(7-13(12)20)14-8-15(26-18(25-14)23-9-24-26)11-3-1-2-4-16(11)27-17(21)22/h1-9,15,17H,(H,23,24,25)/t15-/m1/s1. The monoisotopic (exact) mass is 376 g/mol. The zero-order valence-electron chi connectivity index (χ0n) is 13.6.